The Balaban J connectivity index is 0.000000176. The molecule has 0 saturated carbocycles. The Labute approximate surface area is 663 Å². The van der Waals surface area contributed by atoms with E-state index in [-0.39, 0.29) is 82.1 Å². The third-order valence-electron chi connectivity index (χ3n) is 16.5. The van der Waals surface area contributed by atoms with Crippen LogP contribution < -0.4 is 96.1 Å². The van der Waals surface area contributed by atoms with Crippen molar-refractivity contribution in [3.8, 4) is 0 Å². The summed E-state index contributed by atoms with van der Waals surface area (Å²) >= 11 is 0. The average molecular weight is 1730 g/mol. The van der Waals surface area contributed by atoms with Gasteiger partial charge >= 0.3 is 34.1 Å². The minimum Gasteiger partial charge on any atom is -1.00 e. The monoisotopic (exact) mass is 1720 g/mol. The summed E-state index contributed by atoms with van der Waals surface area (Å²) in [4.78, 5) is 14.4. The minimum atomic E-state index is -0.695. The van der Waals surface area contributed by atoms with Gasteiger partial charge < -0.3 is 48.0 Å². The number of hydrogen-bond donors (Lipinski definition) is 0. The molecule has 19 heteroatoms. The topological polar surface area (TPSA) is 131 Å². The molecule has 522 valence electrons. The first-order chi connectivity index (χ1) is 49.0. The van der Waals surface area contributed by atoms with E-state index < -0.39 is 23.8 Å². The summed E-state index contributed by atoms with van der Waals surface area (Å²) in [6.07, 6.45) is 17.3. The molecule has 0 saturated heterocycles. The summed E-state index contributed by atoms with van der Waals surface area (Å²) in [6, 6.07) is 108. The van der Waals surface area contributed by atoms with Crippen molar-refractivity contribution in [3.05, 3.63) is 397 Å². The molecule has 0 fully saturated rings. The second kappa shape index (κ2) is 41.8. The van der Waals surface area contributed by atoms with E-state index in [0.717, 1.165) is 91.5 Å². The number of halogens is 2. The van der Waals surface area contributed by atoms with Crippen LogP contribution in [0.3, 0.4) is 0 Å². The number of hydrogen-bond acceptors (Lipinski definition) is 9. The van der Waals surface area contributed by atoms with Crippen molar-refractivity contribution in [2.75, 3.05) is 0 Å². The van der Waals surface area contributed by atoms with Crippen molar-refractivity contribution < 1.29 is 82.1 Å². The van der Waals surface area contributed by atoms with Crippen LogP contribution in [0.4, 0.5) is 0 Å². The van der Waals surface area contributed by atoms with Crippen molar-refractivity contribution in [1.82, 2.24) is 59.9 Å². The Morgan fingerprint density at radius 2 is 0.437 bits per heavy atom. The number of benzene rings is 9. The summed E-state index contributed by atoms with van der Waals surface area (Å²) < 4.78 is 5.73. The van der Waals surface area contributed by atoms with Crippen LogP contribution in [0.2, 0.25) is 0 Å². The van der Waals surface area contributed by atoms with Crippen molar-refractivity contribution in [2.45, 2.75) is 58.2 Å². The molecule has 6 heterocycles. The van der Waals surface area contributed by atoms with Crippen LogP contribution in [-0.4, -0.2) is 59.9 Å². The molecule has 6 aromatic heterocycles. The number of aryl methyl sites for hydroxylation is 6. The maximum absolute atomic E-state index is 4.80. The van der Waals surface area contributed by atoms with Crippen molar-refractivity contribution in [3.63, 3.8) is 0 Å². The molecular weight excluding hydrogens is 1650 g/mol. The molecular formula is C84H75Cu2I2N12P3. The third kappa shape index (κ3) is 23.3. The molecule has 0 spiro atoms. The molecule has 0 amide bonds. The summed E-state index contributed by atoms with van der Waals surface area (Å²) in [5.41, 5.74) is 13.9. The second-order valence-electron chi connectivity index (χ2n) is 23.8. The largest absolute Gasteiger partial charge is 1.00 e. The van der Waals surface area contributed by atoms with Crippen molar-refractivity contribution in [2.24, 2.45) is 0 Å². The normalized spacial score (nSPS) is 10.6. The maximum atomic E-state index is 4.80. The molecule has 12 nitrogen and oxygen atoms in total. The van der Waals surface area contributed by atoms with Crippen LogP contribution >= 0.6 is 23.8 Å². The van der Waals surface area contributed by atoms with Crippen LogP contribution in [0.15, 0.2) is 347 Å². The van der Waals surface area contributed by atoms with Gasteiger partial charge in [-0.2, -0.15) is 0 Å². The van der Waals surface area contributed by atoms with Crippen molar-refractivity contribution in [1.29, 1.82) is 0 Å². The summed E-state index contributed by atoms with van der Waals surface area (Å²) in [7, 11) is -2.08. The Morgan fingerprint density at radius 3 is 0.650 bits per heavy atom. The smallest absolute Gasteiger partial charge is 1.00 e. The minimum absolute atomic E-state index is 0. The molecule has 0 atom stereocenters. The Hall–Kier alpha value is -8.36. The number of aromatic nitrogens is 12. The van der Waals surface area contributed by atoms with E-state index in [1.807, 2.05) is 87.2 Å². The van der Waals surface area contributed by atoms with Crippen molar-refractivity contribution >= 4 is 71.9 Å². The van der Waals surface area contributed by atoms with E-state index in [2.05, 4.69) is 304 Å². The molecule has 0 aliphatic heterocycles. The summed E-state index contributed by atoms with van der Waals surface area (Å²) in [5.74, 6) is 0. The fourth-order valence-corrected chi connectivity index (χ4v) is 18.4. The molecule has 0 aliphatic carbocycles. The van der Waals surface area contributed by atoms with Gasteiger partial charge in [-0.15, -0.1) is 15.3 Å². The van der Waals surface area contributed by atoms with Gasteiger partial charge in [-0.25, -0.2) is 14.0 Å². The molecule has 0 N–H and O–H groups in total. The van der Waals surface area contributed by atoms with Gasteiger partial charge in [0.1, 0.15) is 0 Å². The number of pyridine rings is 3. The zero-order chi connectivity index (χ0) is 66.9. The maximum Gasteiger partial charge on any atom is 1.00 e. The zero-order valence-corrected chi connectivity index (χ0v) is 65.2. The fraction of sp³-hybridized carbons (Fsp3) is 0.107. The Kier molecular flexibility index (Phi) is 32.0. The van der Waals surface area contributed by atoms with E-state index in [1.54, 1.807) is 0 Å². The van der Waals surface area contributed by atoms with Crippen LogP contribution in [0.5, 0.6) is 0 Å². The molecule has 15 aromatic rings. The quantitative estimate of drug-likeness (QED) is 0.0365. The van der Waals surface area contributed by atoms with Gasteiger partial charge in [0.2, 0.25) is 0 Å². The van der Waals surface area contributed by atoms with Gasteiger partial charge in [-0.3, -0.25) is 15.0 Å². The molecule has 9 aromatic carbocycles. The van der Waals surface area contributed by atoms with Crippen LogP contribution in [0, 0.1) is 0 Å². The van der Waals surface area contributed by atoms with E-state index in [4.69, 9.17) is 15.0 Å². The molecule has 103 heavy (non-hydrogen) atoms. The molecule has 15 rings (SSSR count). The van der Waals surface area contributed by atoms with E-state index >= 15 is 0 Å². The second-order valence-corrected chi connectivity index (χ2v) is 30.3. The SMILES string of the molecule is [Cu+].[Cu+].[I-].[I-].c1ccc(Cn2cc(CCc3ccnc(P(c4ccccc4)c4ccccc4)c3)nn2)cc1.c1ccc(Cn2cc(CCc3ccnc(P(c4ccccc4)c4ccccc4)c3)nn2)cc1.c1ccc(Cn2cc(CCc3ccnc(P(c4ccccc4)c4ccccc4)c3)nn2)cc1. The standard InChI is InChI=1S/3C28H25N4P.2Cu.2HI/c3*1-4-10-24(11-5-1)21-32-22-25(30-31-32)17-16-23-18-19-29-28(20-23)33(26-12-6-2-7-13-26)27-14-8-3-9-15-27;;;;/h3*1-15,18-20,22H,16-17,21H2;;;2*1H/q;;;2*+1;;/p-2. The average Bonchev–Trinajstić information content (AvgIpc) is 1.29. The predicted molar refractivity (Wildman–Crippen MR) is 408 cm³/mol. The van der Waals surface area contributed by atoms with Crippen LogP contribution in [-0.2, 0) is 92.3 Å². The van der Waals surface area contributed by atoms with Gasteiger partial charge in [0, 0.05) is 60.9 Å². The number of nitrogens with zero attached hydrogens (tertiary/aromatic N) is 12. The third-order valence-corrected chi connectivity index (χ3v) is 23.5. The fourth-order valence-electron chi connectivity index (χ4n) is 11.6. The van der Waals surface area contributed by atoms with Gasteiger partial charge in [0.25, 0.3) is 0 Å². The van der Waals surface area contributed by atoms with Gasteiger partial charge in [0.15, 0.2) is 0 Å². The van der Waals surface area contributed by atoms with Gasteiger partial charge in [0.05, 0.1) is 53.0 Å². The van der Waals surface area contributed by atoms with Gasteiger partial charge in [-0.1, -0.05) is 289 Å². The van der Waals surface area contributed by atoms with E-state index in [0.29, 0.717) is 0 Å². The molecule has 0 unspecified atom stereocenters. The van der Waals surface area contributed by atoms with Crippen LogP contribution in [0.1, 0.15) is 50.5 Å². The van der Waals surface area contributed by atoms with E-state index in [9.17, 15) is 0 Å². The first-order valence-electron chi connectivity index (χ1n) is 33.4. The first-order valence-corrected chi connectivity index (χ1v) is 37.4. The molecule has 0 radical (unpaired) electrons. The number of rotatable bonds is 24. The summed E-state index contributed by atoms with van der Waals surface area (Å²) in [6.45, 7) is 2.23. The van der Waals surface area contributed by atoms with Gasteiger partial charge in [-0.05, 0) is 140 Å². The van der Waals surface area contributed by atoms with Crippen LogP contribution in [0.25, 0.3) is 0 Å². The summed E-state index contributed by atoms with van der Waals surface area (Å²) in [5, 5.41) is 33.9. The Bertz CT molecular complexity index is 4260. The zero-order valence-electron chi connectivity index (χ0n) is 56.3. The van der Waals surface area contributed by atoms with E-state index in [1.165, 1.54) is 65.2 Å². The Morgan fingerprint density at radius 1 is 0.233 bits per heavy atom. The molecule has 0 bridgehead atoms. The first kappa shape index (κ1) is 78.8. The predicted octanol–water partition coefficient (Wildman–Crippen LogP) is 6.80. The molecule has 0 aliphatic rings.